The van der Waals surface area contributed by atoms with Crippen molar-refractivity contribution in [2.45, 2.75) is 65.1 Å². The minimum Gasteiger partial charge on any atom is -0.341 e. The van der Waals surface area contributed by atoms with Crippen molar-refractivity contribution >= 4 is 5.91 Å². The molecule has 0 aromatic carbocycles. The van der Waals surface area contributed by atoms with Crippen LogP contribution >= 0.6 is 0 Å². The number of nitrogens with zero attached hydrogens (tertiary/aromatic N) is 2. The summed E-state index contributed by atoms with van der Waals surface area (Å²) in [4.78, 5) is 16.7. The Morgan fingerprint density at radius 1 is 1.32 bits per heavy atom. The average Bonchev–Trinajstić information content (AvgIpc) is 2.44. The van der Waals surface area contributed by atoms with Crippen LogP contribution in [0.3, 0.4) is 0 Å². The molecule has 112 valence electrons. The van der Waals surface area contributed by atoms with Gasteiger partial charge in [0.05, 0.1) is 6.04 Å². The molecule has 1 saturated heterocycles. The van der Waals surface area contributed by atoms with Gasteiger partial charge in [0.2, 0.25) is 5.91 Å². The topological polar surface area (TPSA) is 49.6 Å². The minimum absolute atomic E-state index is 0.109. The molecule has 0 aromatic rings. The van der Waals surface area contributed by atoms with Gasteiger partial charge in [-0.1, -0.05) is 20.3 Å². The highest BCUT2D eigenvalue weighted by Gasteiger charge is 2.30. The van der Waals surface area contributed by atoms with Gasteiger partial charge in [-0.15, -0.1) is 0 Å². The molecule has 1 amide bonds. The van der Waals surface area contributed by atoms with Crippen LogP contribution in [-0.2, 0) is 4.79 Å². The van der Waals surface area contributed by atoms with Gasteiger partial charge in [-0.2, -0.15) is 0 Å². The molecule has 19 heavy (non-hydrogen) atoms. The highest BCUT2D eigenvalue weighted by atomic mass is 16.2. The van der Waals surface area contributed by atoms with Crippen LogP contribution in [0.15, 0.2) is 0 Å². The molecule has 0 saturated carbocycles. The van der Waals surface area contributed by atoms with E-state index in [1.165, 1.54) is 0 Å². The predicted molar refractivity (Wildman–Crippen MR) is 79.9 cm³/mol. The van der Waals surface area contributed by atoms with Crippen LogP contribution in [0, 0.1) is 5.92 Å². The Balaban J connectivity index is 2.50. The molecular formula is C15H31N3O. The number of likely N-dealkylation sites (tertiary alicyclic amines) is 1. The first-order chi connectivity index (χ1) is 8.88. The summed E-state index contributed by atoms with van der Waals surface area (Å²) in [6.45, 7) is 10.8. The van der Waals surface area contributed by atoms with Gasteiger partial charge in [0, 0.05) is 32.2 Å². The van der Waals surface area contributed by atoms with E-state index in [0.29, 0.717) is 12.1 Å². The monoisotopic (exact) mass is 269 g/mol. The number of hydrogen-bond donors (Lipinski definition) is 1. The molecule has 1 heterocycles. The van der Waals surface area contributed by atoms with Crippen molar-refractivity contribution < 1.29 is 4.79 Å². The Morgan fingerprint density at radius 3 is 2.26 bits per heavy atom. The normalized spacial score (nSPS) is 21.4. The molecule has 2 unspecified atom stereocenters. The van der Waals surface area contributed by atoms with Crippen molar-refractivity contribution in [2.24, 2.45) is 11.7 Å². The van der Waals surface area contributed by atoms with Crippen molar-refractivity contribution in [3.05, 3.63) is 0 Å². The number of rotatable bonds is 5. The van der Waals surface area contributed by atoms with E-state index in [0.717, 1.165) is 32.4 Å². The van der Waals surface area contributed by atoms with Gasteiger partial charge in [0.1, 0.15) is 0 Å². The van der Waals surface area contributed by atoms with Crippen molar-refractivity contribution in [1.82, 2.24) is 9.80 Å². The molecule has 4 nitrogen and oxygen atoms in total. The number of likely N-dealkylation sites (N-methyl/N-ethyl adjacent to an activating group) is 1. The highest BCUT2D eigenvalue weighted by molar-refractivity contribution is 5.82. The fraction of sp³-hybridized carbons (Fsp3) is 0.933. The van der Waals surface area contributed by atoms with Crippen LogP contribution in [0.1, 0.15) is 47.0 Å². The fourth-order valence-corrected chi connectivity index (χ4v) is 2.70. The summed E-state index contributed by atoms with van der Waals surface area (Å²) in [6.07, 6.45) is 3.08. The first-order valence-electron chi connectivity index (χ1n) is 7.64. The lowest BCUT2D eigenvalue weighted by molar-refractivity contribution is -0.135. The molecule has 1 aliphatic heterocycles. The number of carbonyl (C=O) groups excluding carboxylic acids is 1. The zero-order chi connectivity index (χ0) is 14.6. The van der Waals surface area contributed by atoms with Crippen LogP contribution in [0.2, 0.25) is 0 Å². The summed E-state index contributed by atoms with van der Waals surface area (Å²) in [6, 6.07) is 0.611. The van der Waals surface area contributed by atoms with Gasteiger partial charge >= 0.3 is 0 Å². The van der Waals surface area contributed by atoms with E-state index in [1.807, 2.05) is 11.9 Å². The third-order valence-electron chi connectivity index (χ3n) is 4.67. The maximum Gasteiger partial charge on any atom is 0.239 e. The maximum atomic E-state index is 12.3. The van der Waals surface area contributed by atoms with Crippen LogP contribution in [0.25, 0.3) is 0 Å². The molecule has 2 atom stereocenters. The van der Waals surface area contributed by atoms with Crippen molar-refractivity contribution in [3.63, 3.8) is 0 Å². The number of hydrogen-bond acceptors (Lipinski definition) is 3. The molecule has 1 aliphatic rings. The molecule has 1 rings (SSSR count). The minimum atomic E-state index is -0.349. The van der Waals surface area contributed by atoms with Crippen LogP contribution in [0.4, 0.5) is 0 Å². The third kappa shape index (κ3) is 4.18. The first-order valence-corrected chi connectivity index (χ1v) is 7.64. The van der Waals surface area contributed by atoms with Crippen LogP contribution < -0.4 is 5.73 Å². The van der Waals surface area contributed by atoms with E-state index in [4.69, 9.17) is 5.73 Å². The van der Waals surface area contributed by atoms with Crippen LogP contribution in [-0.4, -0.2) is 54.0 Å². The van der Waals surface area contributed by atoms with Gasteiger partial charge in [-0.3, -0.25) is 4.79 Å². The number of carbonyl (C=O) groups is 1. The SMILES string of the molecule is CCC(C)C(N)C(=O)N(C)C1CCN(C(C)C)CC1. The standard InChI is InChI=1S/C15H31N3O/c1-6-12(4)14(16)15(19)17(5)13-7-9-18(10-8-13)11(2)3/h11-14H,6-10,16H2,1-5H3. The summed E-state index contributed by atoms with van der Waals surface area (Å²) in [7, 11) is 1.92. The summed E-state index contributed by atoms with van der Waals surface area (Å²) < 4.78 is 0. The van der Waals surface area contributed by atoms with Crippen molar-refractivity contribution in [2.75, 3.05) is 20.1 Å². The number of piperidine rings is 1. The summed E-state index contributed by atoms with van der Waals surface area (Å²) >= 11 is 0. The van der Waals surface area contributed by atoms with Gasteiger partial charge in [-0.05, 0) is 32.6 Å². The third-order valence-corrected chi connectivity index (χ3v) is 4.67. The molecule has 0 aliphatic carbocycles. The Labute approximate surface area is 118 Å². The summed E-state index contributed by atoms with van der Waals surface area (Å²) in [5.41, 5.74) is 6.05. The second-order valence-corrected chi connectivity index (χ2v) is 6.22. The second-order valence-electron chi connectivity index (χ2n) is 6.22. The van der Waals surface area contributed by atoms with E-state index in [-0.39, 0.29) is 17.9 Å². The second kappa shape index (κ2) is 7.25. The number of amides is 1. The Morgan fingerprint density at radius 2 is 1.84 bits per heavy atom. The zero-order valence-corrected chi connectivity index (χ0v) is 13.2. The smallest absolute Gasteiger partial charge is 0.239 e. The summed E-state index contributed by atoms with van der Waals surface area (Å²) in [5.74, 6) is 0.364. The molecule has 0 spiro atoms. The highest BCUT2D eigenvalue weighted by Crippen LogP contribution is 2.19. The predicted octanol–water partition coefficient (Wildman–Crippen LogP) is 1.69. The van der Waals surface area contributed by atoms with E-state index < -0.39 is 0 Å². The van der Waals surface area contributed by atoms with Gasteiger partial charge in [-0.25, -0.2) is 0 Å². The lowest BCUT2D eigenvalue weighted by Crippen LogP contribution is -2.52. The van der Waals surface area contributed by atoms with E-state index >= 15 is 0 Å². The number of nitrogens with two attached hydrogens (primary N) is 1. The lowest BCUT2D eigenvalue weighted by atomic mass is 9.96. The van der Waals surface area contributed by atoms with E-state index in [1.54, 1.807) is 0 Å². The summed E-state index contributed by atoms with van der Waals surface area (Å²) in [5, 5.41) is 0. The first kappa shape index (κ1) is 16.4. The Hall–Kier alpha value is -0.610. The van der Waals surface area contributed by atoms with Crippen molar-refractivity contribution in [3.8, 4) is 0 Å². The maximum absolute atomic E-state index is 12.3. The largest absolute Gasteiger partial charge is 0.341 e. The van der Waals surface area contributed by atoms with Gasteiger partial charge in [0.15, 0.2) is 0 Å². The molecule has 0 aromatic heterocycles. The molecule has 4 heteroatoms. The quantitative estimate of drug-likeness (QED) is 0.826. The van der Waals surface area contributed by atoms with Gasteiger partial charge in [0.25, 0.3) is 0 Å². The molecule has 0 radical (unpaired) electrons. The molecule has 1 fully saturated rings. The zero-order valence-electron chi connectivity index (χ0n) is 13.2. The Kier molecular flexibility index (Phi) is 6.27. The lowest BCUT2D eigenvalue weighted by Gasteiger charge is -2.39. The molecule has 0 bridgehead atoms. The fourth-order valence-electron chi connectivity index (χ4n) is 2.70. The van der Waals surface area contributed by atoms with Gasteiger partial charge < -0.3 is 15.5 Å². The van der Waals surface area contributed by atoms with Crippen molar-refractivity contribution in [1.29, 1.82) is 0 Å². The van der Waals surface area contributed by atoms with Crippen LogP contribution in [0.5, 0.6) is 0 Å². The van der Waals surface area contributed by atoms with E-state index in [9.17, 15) is 4.79 Å². The van der Waals surface area contributed by atoms with E-state index in [2.05, 4.69) is 32.6 Å². The molecular weight excluding hydrogens is 238 g/mol. The Bertz CT molecular complexity index is 285. The molecule has 2 N–H and O–H groups in total. The average molecular weight is 269 g/mol.